The number of rotatable bonds is 7. The number of aryl methyl sites for hydroxylation is 2. The summed E-state index contributed by atoms with van der Waals surface area (Å²) >= 11 is 0. The van der Waals surface area contributed by atoms with Crippen LogP contribution in [0.2, 0.25) is 0 Å². The van der Waals surface area contributed by atoms with E-state index in [1.165, 1.54) is 4.57 Å². The highest BCUT2D eigenvalue weighted by atomic mass is 16.2. The number of hydrogen-bond acceptors (Lipinski definition) is 4. The van der Waals surface area contributed by atoms with Gasteiger partial charge < -0.3 is 10.6 Å². The van der Waals surface area contributed by atoms with Gasteiger partial charge in [0, 0.05) is 17.7 Å². The maximum atomic E-state index is 13.7. The first-order chi connectivity index (χ1) is 16.9. The predicted octanol–water partition coefficient (Wildman–Crippen LogP) is 4.92. The molecule has 0 radical (unpaired) electrons. The monoisotopic (exact) mass is 468 g/mol. The average Bonchev–Trinajstić information content (AvgIpc) is 2.87. The molecule has 0 spiro atoms. The molecule has 0 saturated heterocycles. The number of fused-ring (bicyclic) bond motifs is 1. The fourth-order valence-corrected chi connectivity index (χ4v) is 3.86. The van der Waals surface area contributed by atoms with Crippen LogP contribution in [0.3, 0.4) is 0 Å². The lowest BCUT2D eigenvalue weighted by molar-refractivity contribution is -0.117. The Morgan fingerprint density at radius 3 is 2.37 bits per heavy atom. The Kier molecular flexibility index (Phi) is 7.06. The van der Waals surface area contributed by atoms with Gasteiger partial charge in [0.15, 0.2) is 0 Å². The molecule has 2 amide bonds. The quantitative estimate of drug-likeness (QED) is 0.403. The van der Waals surface area contributed by atoms with Crippen LogP contribution in [0, 0.1) is 6.92 Å². The fourth-order valence-electron chi connectivity index (χ4n) is 3.86. The van der Waals surface area contributed by atoms with Gasteiger partial charge in [-0.05, 0) is 55.3 Å². The maximum Gasteiger partial charge on any atom is 0.278 e. The Morgan fingerprint density at radius 1 is 0.914 bits per heavy atom. The molecular formula is C28H28N4O3. The van der Waals surface area contributed by atoms with Crippen molar-refractivity contribution < 1.29 is 9.59 Å². The minimum Gasteiger partial charge on any atom is -0.325 e. The van der Waals surface area contributed by atoms with Crippen LogP contribution in [0.5, 0.6) is 0 Å². The molecule has 2 N–H and O–H groups in total. The molecule has 0 fully saturated rings. The van der Waals surface area contributed by atoms with Gasteiger partial charge in [0.1, 0.15) is 12.2 Å². The number of amides is 2. The molecule has 7 heteroatoms. The third kappa shape index (κ3) is 5.30. The Balaban J connectivity index is 1.82. The van der Waals surface area contributed by atoms with Gasteiger partial charge in [0.2, 0.25) is 11.8 Å². The van der Waals surface area contributed by atoms with E-state index in [0.717, 1.165) is 17.5 Å². The number of carbonyl (C=O) groups excluding carboxylic acids is 2. The summed E-state index contributed by atoms with van der Waals surface area (Å²) in [5.74, 6) is -0.478. The maximum absolute atomic E-state index is 13.7. The zero-order valence-electron chi connectivity index (χ0n) is 20.1. The normalized spacial score (nSPS) is 10.8. The number of hydrogen-bond donors (Lipinski definition) is 2. The summed E-state index contributed by atoms with van der Waals surface area (Å²) in [6.45, 7) is 5.58. The minimum atomic E-state index is -0.400. The fraction of sp³-hybridized carbons (Fsp3) is 0.214. The lowest BCUT2D eigenvalue weighted by Crippen LogP contribution is -2.30. The zero-order valence-corrected chi connectivity index (χ0v) is 20.1. The summed E-state index contributed by atoms with van der Waals surface area (Å²) in [7, 11) is 0. The summed E-state index contributed by atoms with van der Waals surface area (Å²) in [4.78, 5) is 43.5. The topological polar surface area (TPSA) is 93.1 Å². The van der Waals surface area contributed by atoms with Crippen LogP contribution in [0.1, 0.15) is 31.4 Å². The van der Waals surface area contributed by atoms with Crippen LogP contribution in [0.25, 0.3) is 22.3 Å². The van der Waals surface area contributed by atoms with Crippen molar-refractivity contribution in [3.8, 4) is 11.3 Å². The van der Waals surface area contributed by atoms with Crippen LogP contribution in [0.15, 0.2) is 71.5 Å². The summed E-state index contributed by atoms with van der Waals surface area (Å²) < 4.78 is 1.44. The van der Waals surface area contributed by atoms with Crippen LogP contribution >= 0.6 is 0 Å². The number of nitrogens with one attached hydrogen (secondary N) is 2. The van der Waals surface area contributed by atoms with E-state index in [9.17, 15) is 14.4 Å². The smallest absolute Gasteiger partial charge is 0.278 e. The van der Waals surface area contributed by atoms with E-state index in [1.54, 1.807) is 25.1 Å². The number of carbonyl (C=O) groups is 2. The number of nitrogens with zero attached hydrogens (tertiary/aromatic N) is 2. The molecule has 4 rings (SSSR count). The van der Waals surface area contributed by atoms with Gasteiger partial charge in [-0.2, -0.15) is 0 Å². The zero-order chi connectivity index (χ0) is 24.9. The molecule has 0 saturated carbocycles. The van der Waals surface area contributed by atoms with Gasteiger partial charge in [-0.3, -0.25) is 19.0 Å². The van der Waals surface area contributed by atoms with Gasteiger partial charge >= 0.3 is 0 Å². The molecule has 7 nitrogen and oxygen atoms in total. The van der Waals surface area contributed by atoms with Gasteiger partial charge in [-0.15, -0.1) is 0 Å². The Bertz CT molecular complexity index is 1460. The highest BCUT2D eigenvalue weighted by molar-refractivity contribution is 5.96. The first kappa shape index (κ1) is 23.9. The van der Waals surface area contributed by atoms with Crippen molar-refractivity contribution in [2.45, 2.75) is 40.2 Å². The summed E-state index contributed by atoms with van der Waals surface area (Å²) in [6, 6.07) is 20.3. The van der Waals surface area contributed by atoms with E-state index in [-0.39, 0.29) is 24.1 Å². The van der Waals surface area contributed by atoms with Crippen LogP contribution in [0.4, 0.5) is 11.4 Å². The third-order valence-electron chi connectivity index (χ3n) is 5.83. The molecule has 1 heterocycles. The molecule has 0 aliphatic rings. The predicted molar refractivity (Wildman–Crippen MR) is 140 cm³/mol. The highest BCUT2D eigenvalue weighted by Gasteiger charge is 2.19. The van der Waals surface area contributed by atoms with E-state index in [0.29, 0.717) is 34.4 Å². The largest absolute Gasteiger partial charge is 0.325 e. The SMILES string of the molecule is CCC(=O)Nc1ccc(CC)cc1-c1nc2ccccc2n(CC(=O)Nc2ccc(C)cc2)c1=O. The van der Waals surface area contributed by atoms with Crippen LogP contribution in [-0.2, 0) is 22.6 Å². The molecular weight excluding hydrogens is 440 g/mol. The Hall–Kier alpha value is -4.26. The van der Waals surface area contributed by atoms with Crippen LogP contribution in [-0.4, -0.2) is 21.4 Å². The average molecular weight is 469 g/mol. The van der Waals surface area contributed by atoms with Crippen molar-refractivity contribution in [3.05, 3.63) is 88.2 Å². The highest BCUT2D eigenvalue weighted by Crippen LogP contribution is 2.28. The van der Waals surface area contributed by atoms with Crippen molar-refractivity contribution >= 4 is 34.2 Å². The molecule has 0 atom stereocenters. The summed E-state index contributed by atoms with van der Waals surface area (Å²) in [5, 5.41) is 5.73. The van der Waals surface area contributed by atoms with Gasteiger partial charge in [-0.1, -0.05) is 49.7 Å². The Morgan fingerprint density at radius 2 is 1.66 bits per heavy atom. The molecule has 0 aliphatic carbocycles. The van der Waals surface area contributed by atoms with Crippen molar-refractivity contribution in [2.24, 2.45) is 0 Å². The van der Waals surface area contributed by atoms with Gasteiger partial charge in [-0.25, -0.2) is 4.98 Å². The molecule has 3 aromatic carbocycles. The molecule has 0 bridgehead atoms. The first-order valence-electron chi connectivity index (χ1n) is 11.7. The number of benzene rings is 3. The number of anilines is 2. The van der Waals surface area contributed by atoms with Crippen molar-refractivity contribution in [2.75, 3.05) is 10.6 Å². The summed E-state index contributed by atoms with van der Waals surface area (Å²) in [6.07, 6.45) is 1.07. The third-order valence-corrected chi connectivity index (χ3v) is 5.83. The molecule has 178 valence electrons. The number of aromatic nitrogens is 2. The summed E-state index contributed by atoms with van der Waals surface area (Å²) in [5.41, 5.74) is 4.74. The van der Waals surface area contributed by atoms with Crippen molar-refractivity contribution in [3.63, 3.8) is 0 Å². The molecule has 0 unspecified atom stereocenters. The van der Waals surface area contributed by atoms with E-state index < -0.39 is 5.56 Å². The molecule has 1 aromatic heterocycles. The minimum absolute atomic E-state index is 0.158. The lowest BCUT2D eigenvalue weighted by Gasteiger charge is -2.15. The standard InChI is InChI=1S/C28H28N4O3/c1-4-19-12-15-22(30-25(33)5-2)21(16-19)27-28(35)32(24-9-7-6-8-23(24)31-27)17-26(34)29-20-13-10-18(3)11-14-20/h6-16H,4-5,17H2,1-3H3,(H,29,34)(H,30,33). The van der Waals surface area contributed by atoms with Crippen molar-refractivity contribution in [1.82, 2.24) is 9.55 Å². The second-order valence-electron chi connectivity index (χ2n) is 8.39. The van der Waals surface area contributed by atoms with E-state index in [1.807, 2.05) is 62.4 Å². The van der Waals surface area contributed by atoms with E-state index >= 15 is 0 Å². The molecule has 0 aliphatic heterocycles. The van der Waals surface area contributed by atoms with Crippen LogP contribution < -0.4 is 16.2 Å². The molecule has 4 aromatic rings. The van der Waals surface area contributed by atoms with Gasteiger partial charge in [0.05, 0.1) is 16.7 Å². The number of para-hydroxylation sites is 2. The van der Waals surface area contributed by atoms with Crippen molar-refractivity contribution in [1.29, 1.82) is 0 Å². The van der Waals surface area contributed by atoms with E-state index in [2.05, 4.69) is 15.6 Å². The first-order valence-corrected chi connectivity index (χ1v) is 11.7. The van der Waals surface area contributed by atoms with E-state index in [4.69, 9.17) is 0 Å². The van der Waals surface area contributed by atoms with Gasteiger partial charge in [0.25, 0.3) is 5.56 Å². The lowest BCUT2D eigenvalue weighted by atomic mass is 10.0. The Labute approximate surface area is 203 Å². The molecule has 35 heavy (non-hydrogen) atoms. The second-order valence-corrected chi connectivity index (χ2v) is 8.39. The second kappa shape index (κ2) is 10.3.